The molecule has 1 aliphatic heterocycles. The van der Waals surface area contributed by atoms with Gasteiger partial charge in [-0.2, -0.15) is 0 Å². The van der Waals surface area contributed by atoms with Gasteiger partial charge in [-0.1, -0.05) is 31.0 Å². The Kier molecular flexibility index (Phi) is 20.8. The van der Waals surface area contributed by atoms with Crippen molar-refractivity contribution >= 4 is 60.4 Å². The molecular weight excluding hydrogens is 701 g/mol. The van der Waals surface area contributed by atoms with E-state index in [1.54, 1.807) is 48.3 Å². The van der Waals surface area contributed by atoms with E-state index in [0.717, 1.165) is 44.6 Å². The van der Waals surface area contributed by atoms with E-state index in [-0.39, 0.29) is 49.0 Å². The molecule has 0 radical (unpaired) electrons. The number of carbonyl (C=O) groups is 2. The smallest absolute Gasteiger partial charge is 0.259 e. The van der Waals surface area contributed by atoms with E-state index in [2.05, 4.69) is 22.2 Å². The van der Waals surface area contributed by atoms with Gasteiger partial charge in [0.05, 0.1) is 37.3 Å². The molecular formula is C37H54Cl3N5O5. The maximum atomic E-state index is 13.7. The van der Waals surface area contributed by atoms with Crippen molar-refractivity contribution in [3.05, 3.63) is 77.4 Å². The molecule has 3 N–H and O–H groups in total. The fourth-order valence-corrected chi connectivity index (χ4v) is 5.52. The van der Waals surface area contributed by atoms with E-state index < -0.39 is 0 Å². The molecule has 3 aromatic rings. The van der Waals surface area contributed by atoms with E-state index in [0.29, 0.717) is 65.9 Å². The van der Waals surface area contributed by atoms with E-state index in [1.165, 1.54) is 26.5 Å². The molecule has 1 aliphatic rings. The highest BCUT2D eigenvalue weighted by molar-refractivity contribution is 6.09. The number of nitrogens with zero attached hydrogens (tertiary/aromatic N) is 3. The van der Waals surface area contributed by atoms with Crippen LogP contribution in [0.15, 0.2) is 60.7 Å². The molecule has 0 spiro atoms. The van der Waals surface area contributed by atoms with Gasteiger partial charge in [-0.05, 0) is 94.4 Å². The summed E-state index contributed by atoms with van der Waals surface area (Å²) in [6.07, 6.45) is 5.14. The van der Waals surface area contributed by atoms with E-state index in [9.17, 15) is 9.59 Å². The summed E-state index contributed by atoms with van der Waals surface area (Å²) in [6, 6.07) is 17.9. The number of piperazine rings is 1. The van der Waals surface area contributed by atoms with Crippen molar-refractivity contribution in [3.63, 3.8) is 0 Å². The average Bonchev–Trinajstić information content (AvgIpc) is 3.08. The summed E-state index contributed by atoms with van der Waals surface area (Å²) in [4.78, 5) is 33.4. The third kappa shape index (κ3) is 13.1. The van der Waals surface area contributed by atoms with Crippen LogP contribution in [0.4, 0.5) is 11.4 Å². The zero-order chi connectivity index (χ0) is 33.6. The van der Waals surface area contributed by atoms with Crippen molar-refractivity contribution in [2.45, 2.75) is 39.0 Å². The van der Waals surface area contributed by atoms with Crippen LogP contribution < -0.4 is 30.2 Å². The monoisotopic (exact) mass is 753 g/mol. The largest absolute Gasteiger partial charge is 0.495 e. The fourth-order valence-electron chi connectivity index (χ4n) is 5.52. The van der Waals surface area contributed by atoms with Crippen LogP contribution in [0, 0.1) is 6.92 Å². The molecule has 0 saturated carbocycles. The summed E-state index contributed by atoms with van der Waals surface area (Å²) in [5.74, 6) is 0.952. The number of ether oxygens (including phenoxy) is 3. The van der Waals surface area contributed by atoms with Gasteiger partial charge in [0.2, 0.25) is 0 Å². The Morgan fingerprint density at radius 3 is 2.22 bits per heavy atom. The summed E-state index contributed by atoms with van der Waals surface area (Å²) in [7, 11) is 5.43. The number of halogens is 3. The van der Waals surface area contributed by atoms with Gasteiger partial charge < -0.3 is 40.0 Å². The van der Waals surface area contributed by atoms with Gasteiger partial charge >= 0.3 is 0 Å². The van der Waals surface area contributed by atoms with Crippen molar-refractivity contribution in [2.24, 2.45) is 5.73 Å². The Labute approximate surface area is 316 Å². The molecule has 10 nitrogen and oxygen atoms in total. The molecule has 278 valence electrons. The van der Waals surface area contributed by atoms with Gasteiger partial charge in [-0.15, -0.1) is 37.2 Å². The van der Waals surface area contributed by atoms with Crippen LogP contribution in [0.25, 0.3) is 0 Å². The molecule has 1 heterocycles. The number of rotatable bonds is 17. The minimum atomic E-state index is -0.348. The molecule has 0 aromatic heterocycles. The average molecular weight is 755 g/mol. The number of nitrogens with two attached hydrogens (primary N) is 1. The second-order valence-corrected chi connectivity index (χ2v) is 12.1. The first-order valence-corrected chi connectivity index (χ1v) is 16.6. The highest BCUT2D eigenvalue weighted by Crippen LogP contribution is 2.32. The summed E-state index contributed by atoms with van der Waals surface area (Å²) in [5.41, 5.74) is 8.58. The fraction of sp³-hybridized carbons (Fsp3) is 0.459. The van der Waals surface area contributed by atoms with Crippen molar-refractivity contribution in [3.8, 4) is 17.2 Å². The number of para-hydroxylation sites is 1. The van der Waals surface area contributed by atoms with Gasteiger partial charge in [0.25, 0.3) is 11.8 Å². The van der Waals surface area contributed by atoms with Crippen molar-refractivity contribution in [1.82, 2.24) is 9.80 Å². The lowest BCUT2D eigenvalue weighted by Crippen LogP contribution is -2.44. The Hall–Kier alpha value is -3.25. The molecule has 1 saturated heterocycles. The van der Waals surface area contributed by atoms with Crippen LogP contribution in [0.2, 0.25) is 0 Å². The highest BCUT2D eigenvalue weighted by atomic mass is 35.5. The maximum Gasteiger partial charge on any atom is 0.259 e. The standard InChI is InChI=1S/C37H51N5O5.3ClH/c1-28-14-17-32(35(26-28)47-24-10-6-5-9-19-42-22-20-40(2)21-23-42)41(3)37(44)29-15-16-31(34(27-29)45-4)39-36(43)30-12-7-8-13-33(30)46-25-11-18-38;;;/h7-8,12-17,26-27H,5-6,9-11,18-25,38H2,1-4H3,(H,39,43);3*1H. The number of carbonyl (C=O) groups excluding carboxylic acids is 2. The lowest BCUT2D eigenvalue weighted by molar-refractivity contribution is 0.0990. The number of anilines is 2. The normalized spacial score (nSPS) is 12.8. The number of unbranched alkanes of at least 4 members (excludes halogenated alkanes) is 3. The lowest BCUT2D eigenvalue weighted by atomic mass is 10.1. The molecule has 0 atom stereocenters. The predicted octanol–water partition coefficient (Wildman–Crippen LogP) is 6.71. The summed E-state index contributed by atoms with van der Waals surface area (Å²) in [6.45, 7) is 9.33. The number of methoxy groups -OCH3 is 1. The van der Waals surface area contributed by atoms with Crippen LogP contribution in [0.3, 0.4) is 0 Å². The molecule has 2 amide bonds. The molecule has 13 heteroatoms. The minimum Gasteiger partial charge on any atom is -0.495 e. The molecule has 0 bridgehead atoms. The second kappa shape index (κ2) is 23.3. The number of benzene rings is 3. The summed E-state index contributed by atoms with van der Waals surface area (Å²) in [5, 5.41) is 2.89. The third-order valence-corrected chi connectivity index (χ3v) is 8.44. The highest BCUT2D eigenvalue weighted by Gasteiger charge is 2.21. The number of hydrogen-bond donors (Lipinski definition) is 2. The number of hydrogen-bond acceptors (Lipinski definition) is 8. The Morgan fingerprint density at radius 2 is 1.50 bits per heavy atom. The van der Waals surface area contributed by atoms with E-state index in [1.807, 2.05) is 31.2 Å². The van der Waals surface area contributed by atoms with Crippen molar-refractivity contribution < 1.29 is 23.8 Å². The number of amides is 2. The van der Waals surface area contributed by atoms with Crippen LogP contribution in [0.1, 0.15) is 58.4 Å². The molecule has 1 fully saturated rings. The van der Waals surface area contributed by atoms with E-state index in [4.69, 9.17) is 19.9 Å². The molecule has 50 heavy (non-hydrogen) atoms. The van der Waals surface area contributed by atoms with Gasteiger partial charge in [-0.25, -0.2) is 0 Å². The zero-order valence-electron chi connectivity index (χ0n) is 29.7. The SMILES string of the molecule is COc1cc(C(=O)N(C)c2ccc(C)cc2OCCCCCCN2CCN(C)CC2)ccc1NC(=O)c1ccccc1OCCCN.Cl.Cl.Cl. The topological polar surface area (TPSA) is 110 Å². The van der Waals surface area contributed by atoms with Gasteiger partial charge in [0, 0.05) is 38.8 Å². The Morgan fingerprint density at radius 1 is 0.820 bits per heavy atom. The zero-order valence-corrected chi connectivity index (χ0v) is 32.1. The maximum absolute atomic E-state index is 13.7. The Balaban J connectivity index is 0.00000417. The number of nitrogens with one attached hydrogen (secondary N) is 1. The first-order chi connectivity index (χ1) is 22.8. The van der Waals surface area contributed by atoms with Crippen LogP contribution in [-0.4, -0.2) is 95.3 Å². The molecule has 0 aliphatic carbocycles. The number of aryl methyl sites for hydroxylation is 1. The van der Waals surface area contributed by atoms with Gasteiger partial charge in [0.1, 0.15) is 17.2 Å². The van der Waals surface area contributed by atoms with Crippen LogP contribution in [0.5, 0.6) is 17.2 Å². The lowest BCUT2D eigenvalue weighted by Gasteiger charge is -2.32. The van der Waals surface area contributed by atoms with Crippen molar-refractivity contribution in [2.75, 3.05) is 83.9 Å². The molecule has 0 unspecified atom stereocenters. The first kappa shape index (κ1) is 44.8. The van der Waals surface area contributed by atoms with Gasteiger partial charge in [-0.3, -0.25) is 9.59 Å². The summed E-state index contributed by atoms with van der Waals surface area (Å²) < 4.78 is 17.6. The number of likely N-dealkylation sites (N-methyl/N-ethyl adjacent to an activating group) is 1. The summed E-state index contributed by atoms with van der Waals surface area (Å²) >= 11 is 0. The third-order valence-electron chi connectivity index (χ3n) is 8.44. The van der Waals surface area contributed by atoms with E-state index >= 15 is 0 Å². The van der Waals surface area contributed by atoms with Crippen LogP contribution >= 0.6 is 37.2 Å². The second-order valence-electron chi connectivity index (χ2n) is 12.1. The Bertz CT molecular complexity index is 1470. The quantitative estimate of drug-likeness (QED) is 0.147. The predicted molar refractivity (Wildman–Crippen MR) is 210 cm³/mol. The first-order valence-electron chi connectivity index (χ1n) is 16.6. The van der Waals surface area contributed by atoms with Gasteiger partial charge in [0.15, 0.2) is 0 Å². The van der Waals surface area contributed by atoms with Crippen LogP contribution in [-0.2, 0) is 0 Å². The molecule has 4 rings (SSSR count). The van der Waals surface area contributed by atoms with Crippen molar-refractivity contribution in [1.29, 1.82) is 0 Å². The molecule has 3 aromatic carbocycles. The minimum absolute atomic E-state index is 0.